The van der Waals surface area contributed by atoms with Crippen molar-refractivity contribution in [1.29, 1.82) is 0 Å². The van der Waals surface area contributed by atoms with Crippen molar-refractivity contribution in [3.63, 3.8) is 0 Å². The summed E-state index contributed by atoms with van der Waals surface area (Å²) in [6, 6.07) is 0.754. The molecule has 1 unspecified atom stereocenters. The summed E-state index contributed by atoms with van der Waals surface area (Å²) < 4.78 is 5.66. The van der Waals surface area contributed by atoms with Crippen LogP contribution < -0.4 is 5.32 Å². The fourth-order valence-electron chi connectivity index (χ4n) is 3.11. The summed E-state index contributed by atoms with van der Waals surface area (Å²) in [6.07, 6.45) is 12.7. The molecule has 0 aromatic heterocycles. The van der Waals surface area contributed by atoms with Crippen molar-refractivity contribution in [2.45, 2.75) is 90.7 Å². The van der Waals surface area contributed by atoms with Gasteiger partial charge in [-0.25, -0.2) is 0 Å². The minimum Gasteiger partial charge on any atom is -0.378 e. The van der Waals surface area contributed by atoms with E-state index in [0.717, 1.165) is 18.6 Å². The number of rotatable bonds is 12. The molecule has 0 saturated heterocycles. The minimum atomic E-state index is 0.571. The van der Waals surface area contributed by atoms with Gasteiger partial charge in [0.1, 0.15) is 0 Å². The molecule has 1 rings (SSSR count). The second-order valence-electron chi connectivity index (χ2n) is 6.15. The first-order valence-electron chi connectivity index (χ1n) is 8.65. The molecule has 19 heavy (non-hydrogen) atoms. The summed E-state index contributed by atoms with van der Waals surface area (Å²) in [5.74, 6) is 0.914. The van der Waals surface area contributed by atoms with Gasteiger partial charge in [-0.1, -0.05) is 39.5 Å². The first-order chi connectivity index (χ1) is 9.30. The van der Waals surface area contributed by atoms with E-state index in [9.17, 15) is 0 Å². The van der Waals surface area contributed by atoms with E-state index in [2.05, 4.69) is 26.1 Å². The molecular weight excluding hydrogens is 234 g/mol. The van der Waals surface area contributed by atoms with Gasteiger partial charge in [-0.05, 0) is 51.5 Å². The molecule has 2 heteroatoms. The van der Waals surface area contributed by atoms with Crippen molar-refractivity contribution in [1.82, 2.24) is 5.32 Å². The first kappa shape index (κ1) is 17.0. The summed E-state index contributed by atoms with van der Waals surface area (Å²) in [7, 11) is 0. The van der Waals surface area contributed by atoms with Crippen molar-refractivity contribution < 1.29 is 4.74 Å². The van der Waals surface area contributed by atoms with Crippen molar-refractivity contribution in [3.05, 3.63) is 0 Å². The number of hydrogen-bond donors (Lipinski definition) is 1. The summed E-state index contributed by atoms with van der Waals surface area (Å²) in [5.41, 5.74) is 0. The molecule has 2 nitrogen and oxygen atoms in total. The van der Waals surface area contributed by atoms with Crippen LogP contribution in [0.3, 0.4) is 0 Å². The van der Waals surface area contributed by atoms with Crippen LogP contribution in [-0.4, -0.2) is 25.3 Å². The largest absolute Gasteiger partial charge is 0.378 e. The summed E-state index contributed by atoms with van der Waals surface area (Å²) in [4.78, 5) is 0. The smallest absolute Gasteiger partial charge is 0.0580 e. The minimum absolute atomic E-state index is 0.571. The van der Waals surface area contributed by atoms with E-state index < -0.39 is 0 Å². The zero-order valence-electron chi connectivity index (χ0n) is 13.4. The lowest BCUT2D eigenvalue weighted by Crippen LogP contribution is -2.38. The lowest BCUT2D eigenvalue weighted by molar-refractivity contribution is -0.0292. The lowest BCUT2D eigenvalue weighted by Gasteiger charge is -2.37. The second kappa shape index (κ2) is 10.7. The average Bonchev–Trinajstić information content (AvgIpc) is 2.37. The predicted octanol–water partition coefficient (Wildman–Crippen LogP) is 4.53. The van der Waals surface area contributed by atoms with E-state index >= 15 is 0 Å². The Morgan fingerprint density at radius 2 is 1.84 bits per heavy atom. The highest BCUT2D eigenvalue weighted by Gasteiger charge is 2.30. The van der Waals surface area contributed by atoms with Gasteiger partial charge in [0, 0.05) is 12.6 Å². The molecule has 1 atom stereocenters. The molecule has 0 bridgehead atoms. The molecule has 0 amide bonds. The molecular formula is C17H35NO. The molecule has 1 aliphatic rings. The zero-order chi connectivity index (χ0) is 13.9. The molecule has 114 valence electrons. The van der Waals surface area contributed by atoms with Gasteiger partial charge in [0.25, 0.3) is 0 Å². The van der Waals surface area contributed by atoms with Gasteiger partial charge in [0.15, 0.2) is 0 Å². The van der Waals surface area contributed by atoms with Crippen LogP contribution in [0.25, 0.3) is 0 Å². The zero-order valence-corrected chi connectivity index (χ0v) is 13.4. The summed E-state index contributed by atoms with van der Waals surface area (Å²) in [5, 5.41) is 3.75. The van der Waals surface area contributed by atoms with Gasteiger partial charge in [0.2, 0.25) is 0 Å². The maximum Gasteiger partial charge on any atom is 0.0580 e. The van der Waals surface area contributed by atoms with E-state index in [1.165, 1.54) is 64.3 Å². The van der Waals surface area contributed by atoms with Crippen LogP contribution in [0.5, 0.6) is 0 Å². The van der Waals surface area contributed by atoms with Gasteiger partial charge in [-0.2, -0.15) is 0 Å². The summed E-state index contributed by atoms with van der Waals surface area (Å²) >= 11 is 0. The van der Waals surface area contributed by atoms with Gasteiger partial charge in [-0.3, -0.25) is 0 Å². The van der Waals surface area contributed by atoms with Crippen LogP contribution in [0, 0.1) is 5.92 Å². The predicted molar refractivity (Wildman–Crippen MR) is 83.6 cm³/mol. The Labute approximate surface area is 120 Å². The van der Waals surface area contributed by atoms with Crippen LogP contribution >= 0.6 is 0 Å². The quantitative estimate of drug-likeness (QED) is 0.526. The number of unbranched alkanes of at least 4 members (excludes halogenated alkanes) is 3. The topological polar surface area (TPSA) is 21.3 Å². The lowest BCUT2D eigenvalue weighted by atomic mass is 9.77. The van der Waals surface area contributed by atoms with E-state index in [4.69, 9.17) is 4.74 Å². The molecule has 0 aromatic carbocycles. The van der Waals surface area contributed by atoms with Gasteiger partial charge < -0.3 is 10.1 Å². The molecule has 0 spiro atoms. The van der Waals surface area contributed by atoms with Crippen LogP contribution in [0.2, 0.25) is 0 Å². The Morgan fingerprint density at radius 1 is 1.05 bits per heavy atom. The van der Waals surface area contributed by atoms with Crippen molar-refractivity contribution in [2.24, 2.45) is 5.92 Å². The Bertz CT molecular complexity index is 201. The van der Waals surface area contributed by atoms with Crippen LogP contribution in [0.1, 0.15) is 78.6 Å². The molecule has 0 radical (unpaired) electrons. The normalized spacial score (nSPS) is 24.2. The van der Waals surface area contributed by atoms with E-state index in [1.54, 1.807) is 0 Å². The van der Waals surface area contributed by atoms with E-state index in [-0.39, 0.29) is 0 Å². The third-order valence-electron chi connectivity index (χ3n) is 4.30. The highest BCUT2D eigenvalue weighted by atomic mass is 16.5. The maximum atomic E-state index is 5.66. The number of hydrogen-bond acceptors (Lipinski definition) is 2. The Kier molecular flexibility index (Phi) is 9.54. The monoisotopic (exact) mass is 269 g/mol. The maximum absolute atomic E-state index is 5.66. The molecule has 1 aliphatic carbocycles. The fraction of sp³-hybridized carbons (Fsp3) is 1.00. The van der Waals surface area contributed by atoms with Crippen LogP contribution in [-0.2, 0) is 4.74 Å². The summed E-state index contributed by atoms with van der Waals surface area (Å²) in [6.45, 7) is 8.71. The standard InChI is InChI=1S/C17H35NO/c1-4-7-8-9-10-16(18-11-5-2)12-15-13-17(14-15)19-6-3/h15-18H,4-14H2,1-3H3. The second-order valence-corrected chi connectivity index (χ2v) is 6.15. The number of nitrogens with one attached hydrogen (secondary N) is 1. The Balaban J connectivity index is 2.14. The third-order valence-corrected chi connectivity index (χ3v) is 4.30. The molecule has 1 N–H and O–H groups in total. The van der Waals surface area contributed by atoms with Crippen molar-refractivity contribution in [3.8, 4) is 0 Å². The average molecular weight is 269 g/mol. The molecule has 0 aromatic rings. The number of ether oxygens (including phenoxy) is 1. The molecule has 0 aliphatic heterocycles. The van der Waals surface area contributed by atoms with Gasteiger partial charge in [0.05, 0.1) is 6.10 Å². The van der Waals surface area contributed by atoms with E-state index in [0.29, 0.717) is 6.10 Å². The highest BCUT2D eigenvalue weighted by molar-refractivity contribution is 4.84. The highest BCUT2D eigenvalue weighted by Crippen LogP contribution is 2.34. The van der Waals surface area contributed by atoms with Crippen LogP contribution in [0.4, 0.5) is 0 Å². The SMILES string of the molecule is CCCCCCC(CC1CC(OCC)C1)NCCC. The molecule has 1 saturated carbocycles. The molecule has 1 fully saturated rings. The molecule has 0 heterocycles. The Morgan fingerprint density at radius 3 is 2.47 bits per heavy atom. The fourth-order valence-corrected chi connectivity index (χ4v) is 3.11. The first-order valence-corrected chi connectivity index (χ1v) is 8.65. The van der Waals surface area contributed by atoms with Crippen LogP contribution in [0.15, 0.2) is 0 Å². The van der Waals surface area contributed by atoms with Crippen molar-refractivity contribution in [2.75, 3.05) is 13.2 Å². The van der Waals surface area contributed by atoms with Gasteiger partial charge in [-0.15, -0.1) is 0 Å². The Hall–Kier alpha value is -0.0800. The third kappa shape index (κ3) is 7.31. The van der Waals surface area contributed by atoms with Crippen molar-refractivity contribution >= 4 is 0 Å². The van der Waals surface area contributed by atoms with Gasteiger partial charge >= 0.3 is 0 Å². The van der Waals surface area contributed by atoms with E-state index in [1.807, 2.05) is 0 Å².